The van der Waals surface area contributed by atoms with Gasteiger partial charge in [-0.2, -0.15) is 0 Å². The first-order valence-electron chi connectivity index (χ1n) is 8.63. The first-order valence-corrected chi connectivity index (χ1v) is 9.38. The highest BCUT2D eigenvalue weighted by atomic mass is 35.5. The molecule has 1 atom stereocenters. The first-order chi connectivity index (χ1) is 11.8. The summed E-state index contributed by atoms with van der Waals surface area (Å²) in [6, 6.07) is 5.17. The van der Waals surface area contributed by atoms with Crippen molar-refractivity contribution in [2.75, 3.05) is 19.6 Å². The number of nitrogens with zero attached hydrogens (tertiary/aromatic N) is 1. The molecule has 0 bridgehead atoms. The minimum Gasteiger partial charge on any atom is -0.479 e. The fraction of sp³-hybridized carbons (Fsp3) is 0.526. The third-order valence-corrected chi connectivity index (χ3v) is 4.79. The number of benzene rings is 1. The number of ether oxygens (including phenoxy) is 1. The second kappa shape index (κ2) is 9.46. The van der Waals surface area contributed by atoms with Gasteiger partial charge in [0.05, 0.1) is 5.02 Å². The Balaban J connectivity index is 1.79. The van der Waals surface area contributed by atoms with Gasteiger partial charge in [0.15, 0.2) is 6.10 Å². The minimum absolute atomic E-state index is 0.117. The Labute approximate surface area is 160 Å². The van der Waals surface area contributed by atoms with Crippen LogP contribution in [-0.2, 0) is 4.79 Å². The standard InChI is InChI=1S/C19H26Cl2N2O2/c1-13(2)6-9-23-10-7-16(8-11-23)22-19(24)14(3)25-18-5-4-15(20)12-17(18)21/h4-6,12,14,16H,7-11H2,1-3H3,(H,22,24). The minimum atomic E-state index is -0.609. The summed E-state index contributed by atoms with van der Waals surface area (Å²) in [5.74, 6) is 0.346. The molecule has 25 heavy (non-hydrogen) atoms. The molecule has 1 fully saturated rings. The van der Waals surface area contributed by atoms with E-state index in [9.17, 15) is 4.79 Å². The van der Waals surface area contributed by atoms with Crippen molar-refractivity contribution in [2.24, 2.45) is 0 Å². The summed E-state index contributed by atoms with van der Waals surface area (Å²) in [4.78, 5) is 14.8. The summed E-state index contributed by atoms with van der Waals surface area (Å²) in [5, 5.41) is 4.02. The van der Waals surface area contributed by atoms with Crippen LogP contribution in [0.25, 0.3) is 0 Å². The van der Waals surface area contributed by atoms with Gasteiger partial charge in [0.25, 0.3) is 5.91 Å². The SMILES string of the molecule is CC(C)=CCN1CCC(NC(=O)C(C)Oc2ccc(Cl)cc2Cl)CC1. The second-order valence-electron chi connectivity index (χ2n) is 6.70. The lowest BCUT2D eigenvalue weighted by atomic mass is 10.0. The van der Waals surface area contributed by atoms with Gasteiger partial charge in [0.1, 0.15) is 5.75 Å². The van der Waals surface area contributed by atoms with Crippen LogP contribution in [0.15, 0.2) is 29.8 Å². The average molecular weight is 385 g/mol. The fourth-order valence-corrected chi connectivity index (χ4v) is 3.16. The number of hydrogen-bond donors (Lipinski definition) is 1. The lowest BCUT2D eigenvalue weighted by molar-refractivity contribution is -0.128. The van der Waals surface area contributed by atoms with Crippen molar-refractivity contribution in [3.8, 4) is 5.75 Å². The number of hydrogen-bond acceptors (Lipinski definition) is 3. The number of carbonyl (C=O) groups excluding carboxylic acids is 1. The number of piperidine rings is 1. The van der Waals surface area contributed by atoms with Crippen molar-refractivity contribution in [1.82, 2.24) is 10.2 Å². The van der Waals surface area contributed by atoms with Gasteiger partial charge in [-0.25, -0.2) is 0 Å². The predicted molar refractivity (Wildman–Crippen MR) is 104 cm³/mol. The summed E-state index contributed by atoms with van der Waals surface area (Å²) in [6.07, 6.45) is 3.54. The number of halogens is 2. The van der Waals surface area contributed by atoms with E-state index in [0.717, 1.165) is 32.5 Å². The van der Waals surface area contributed by atoms with E-state index in [1.807, 2.05) is 0 Å². The molecule has 0 spiro atoms. The van der Waals surface area contributed by atoms with Gasteiger partial charge >= 0.3 is 0 Å². The van der Waals surface area contributed by atoms with Gasteiger partial charge in [0, 0.05) is 30.7 Å². The first kappa shape index (κ1) is 20.1. The zero-order valence-corrected chi connectivity index (χ0v) is 16.5. The van der Waals surface area contributed by atoms with Crippen LogP contribution in [0.2, 0.25) is 10.0 Å². The molecule has 1 unspecified atom stereocenters. The third kappa shape index (κ3) is 6.53. The van der Waals surface area contributed by atoms with E-state index in [-0.39, 0.29) is 11.9 Å². The molecule has 1 aromatic carbocycles. The van der Waals surface area contributed by atoms with Crippen LogP contribution >= 0.6 is 23.2 Å². The van der Waals surface area contributed by atoms with Crippen LogP contribution in [-0.4, -0.2) is 42.6 Å². The molecule has 4 nitrogen and oxygen atoms in total. The lowest BCUT2D eigenvalue weighted by Gasteiger charge is -2.32. The van der Waals surface area contributed by atoms with Crippen LogP contribution in [0, 0.1) is 0 Å². The van der Waals surface area contributed by atoms with Crippen LogP contribution < -0.4 is 10.1 Å². The summed E-state index contributed by atoms with van der Waals surface area (Å²) in [6.45, 7) is 8.92. The molecule has 1 aliphatic heterocycles. The van der Waals surface area contributed by atoms with Gasteiger partial charge in [0.2, 0.25) is 0 Å². The van der Waals surface area contributed by atoms with Crippen molar-refractivity contribution in [3.63, 3.8) is 0 Å². The van der Waals surface area contributed by atoms with Gasteiger partial charge < -0.3 is 10.1 Å². The molecule has 0 saturated carbocycles. The van der Waals surface area contributed by atoms with Crippen LogP contribution in [0.3, 0.4) is 0 Å². The summed E-state index contributed by atoms with van der Waals surface area (Å²) >= 11 is 12.0. The molecule has 0 aliphatic carbocycles. The number of rotatable bonds is 6. The predicted octanol–water partition coefficient (Wildman–Crippen LogP) is 4.31. The Morgan fingerprint density at radius 1 is 1.36 bits per heavy atom. The van der Waals surface area contributed by atoms with E-state index >= 15 is 0 Å². The molecule has 1 saturated heterocycles. The molecule has 0 aromatic heterocycles. The fourth-order valence-electron chi connectivity index (χ4n) is 2.70. The van der Waals surface area contributed by atoms with E-state index in [0.29, 0.717) is 15.8 Å². The summed E-state index contributed by atoms with van der Waals surface area (Å²) in [5.41, 5.74) is 1.34. The van der Waals surface area contributed by atoms with E-state index in [1.54, 1.807) is 25.1 Å². The molecule has 2 rings (SSSR count). The zero-order chi connectivity index (χ0) is 18.4. The Morgan fingerprint density at radius 2 is 2.04 bits per heavy atom. The van der Waals surface area contributed by atoms with E-state index in [2.05, 4.69) is 30.1 Å². The van der Waals surface area contributed by atoms with E-state index < -0.39 is 6.10 Å². The molecule has 1 aliphatic rings. The maximum Gasteiger partial charge on any atom is 0.260 e. The maximum atomic E-state index is 12.4. The van der Waals surface area contributed by atoms with Gasteiger partial charge in [-0.1, -0.05) is 34.9 Å². The monoisotopic (exact) mass is 384 g/mol. The second-order valence-corrected chi connectivity index (χ2v) is 7.54. The molecule has 138 valence electrons. The van der Waals surface area contributed by atoms with Crippen LogP contribution in [0.4, 0.5) is 0 Å². The van der Waals surface area contributed by atoms with Gasteiger partial charge in [-0.3, -0.25) is 9.69 Å². The molecule has 1 aromatic rings. The number of amides is 1. The quantitative estimate of drug-likeness (QED) is 0.742. The normalized spacial score (nSPS) is 17.0. The molecule has 1 heterocycles. The molecular formula is C19H26Cl2N2O2. The number of allylic oxidation sites excluding steroid dienone is 1. The Bertz CT molecular complexity index is 622. The Kier molecular flexibility index (Phi) is 7.60. The number of nitrogens with one attached hydrogen (secondary N) is 1. The van der Waals surface area contributed by atoms with Crippen molar-refractivity contribution < 1.29 is 9.53 Å². The van der Waals surface area contributed by atoms with Gasteiger partial charge in [-0.05, 0) is 51.8 Å². The Hall–Kier alpha value is -1.23. The molecule has 1 amide bonds. The summed E-state index contributed by atoms with van der Waals surface area (Å²) in [7, 11) is 0. The topological polar surface area (TPSA) is 41.6 Å². The zero-order valence-electron chi connectivity index (χ0n) is 15.0. The van der Waals surface area contributed by atoms with E-state index in [1.165, 1.54) is 5.57 Å². The van der Waals surface area contributed by atoms with Crippen LogP contribution in [0.5, 0.6) is 5.75 Å². The highest BCUT2D eigenvalue weighted by Gasteiger charge is 2.23. The van der Waals surface area contributed by atoms with Crippen molar-refractivity contribution >= 4 is 29.1 Å². The Morgan fingerprint density at radius 3 is 2.64 bits per heavy atom. The molecule has 0 radical (unpaired) electrons. The van der Waals surface area contributed by atoms with Gasteiger partial charge in [-0.15, -0.1) is 0 Å². The van der Waals surface area contributed by atoms with Crippen molar-refractivity contribution in [3.05, 3.63) is 39.9 Å². The number of carbonyl (C=O) groups is 1. The molecule has 6 heteroatoms. The third-order valence-electron chi connectivity index (χ3n) is 4.26. The van der Waals surface area contributed by atoms with Crippen molar-refractivity contribution in [1.29, 1.82) is 0 Å². The average Bonchev–Trinajstić information content (AvgIpc) is 2.56. The van der Waals surface area contributed by atoms with E-state index in [4.69, 9.17) is 27.9 Å². The smallest absolute Gasteiger partial charge is 0.260 e. The molecule has 1 N–H and O–H groups in total. The molecular weight excluding hydrogens is 359 g/mol. The highest BCUT2D eigenvalue weighted by molar-refractivity contribution is 6.35. The largest absolute Gasteiger partial charge is 0.479 e. The highest BCUT2D eigenvalue weighted by Crippen LogP contribution is 2.28. The maximum absolute atomic E-state index is 12.4. The van der Waals surface area contributed by atoms with Crippen LogP contribution in [0.1, 0.15) is 33.6 Å². The lowest BCUT2D eigenvalue weighted by Crippen LogP contribution is -2.48. The summed E-state index contributed by atoms with van der Waals surface area (Å²) < 4.78 is 5.67. The number of likely N-dealkylation sites (tertiary alicyclic amines) is 1. The van der Waals surface area contributed by atoms with Crippen molar-refractivity contribution in [2.45, 2.75) is 45.8 Å².